The van der Waals surface area contributed by atoms with E-state index < -0.39 is 6.10 Å². The van der Waals surface area contributed by atoms with Crippen LogP contribution in [-0.2, 0) is 9.53 Å². The molecular weight excluding hydrogens is 447 g/mol. The Morgan fingerprint density at radius 2 is 1.94 bits per heavy atom. The first-order chi connectivity index (χ1) is 15.3. The number of carbonyl (C=O) groups excluding carboxylic acids is 1. The van der Waals surface area contributed by atoms with Gasteiger partial charge in [0.05, 0.1) is 22.1 Å². The maximum Gasteiger partial charge on any atom is 0.311 e. The minimum atomic E-state index is -0.545. The van der Waals surface area contributed by atoms with E-state index in [2.05, 4.69) is 29.7 Å². The summed E-state index contributed by atoms with van der Waals surface area (Å²) in [5, 5.41) is 12.7. The highest BCUT2D eigenvalue weighted by molar-refractivity contribution is 6.42. The Kier molecular flexibility index (Phi) is 5.98. The molecule has 0 unspecified atom stereocenters. The summed E-state index contributed by atoms with van der Waals surface area (Å²) in [6, 6.07) is 5.74. The third-order valence-corrected chi connectivity index (χ3v) is 9.40. The van der Waals surface area contributed by atoms with Gasteiger partial charge in [0.25, 0.3) is 0 Å². The summed E-state index contributed by atoms with van der Waals surface area (Å²) in [6.45, 7) is 8.52. The molecule has 0 bridgehead atoms. The van der Waals surface area contributed by atoms with Crippen molar-refractivity contribution in [3.63, 3.8) is 0 Å². The van der Waals surface area contributed by atoms with Crippen LogP contribution >= 0.6 is 23.2 Å². The Labute approximate surface area is 200 Å². The lowest BCUT2D eigenvalue weighted by Crippen LogP contribution is -2.55. The summed E-state index contributed by atoms with van der Waals surface area (Å²) in [4.78, 5) is 17.5. The van der Waals surface area contributed by atoms with Crippen LogP contribution in [0.4, 0.5) is 5.69 Å². The lowest BCUT2D eigenvalue weighted by atomic mass is 9.55. The van der Waals surface area contributed by atoms with Crippen molar-refractivity contribution in [3.05, 3.63) is 39.9 Å². The molecule has 1 aromatic rings. The van der Waals surface area contributed by atoms with Crippen LogP contribution in [0, 0.1) is 23.2 Å². The molecule has 6 atom stereocenters. The molecule has 0 spiro atoms. The van der Waals surface area contributed by atoms with Crippen molar-refractivity contribution in [2.24, 2.45) is 23.2 Å². The number of ether oxygens (including phenoxy) is 1. The van der Waals surface area contributed by atoms with Crippen molar-refractivity contribution < 1.29 is 14.6 Å². The zero-order chi connectivity index (χ0) is 22.6. The van der Waals surface area contributed by atoms with E-state index in [1.165, 1.54) is 5.57 Å². The van der Waals surface area contributed by atoms with Crippen LogP contribution in [0.1, 0.15) is 33.1 Å². The van der Waals surface area contributed by atoms with Gasteiger partial charge in [-0.05, 0) is 37.0 Å². The number of hydrogen-bond donors (Lipinski definition) is 1. The molecule has 0 radical (unpaired) electrons. The molecule has 32 heavy (non-hydrogen) atoms. The highest BCUT2D eigenvalue weighted by atomic mass is 35.5. The van der Waals surface area contributed by atoms with Crippen molar-refractivity contribution >= 4 is 34.9 Å². The number of carbonyl (C=O) groups is 1. The molecule has 2 aliphatic heterocycles. The summed E-state index contributed by atoms with van der Waals surface area (Å²) >= 11 is 12.2. The first-order valence-corrected chi connectivity index (χ1v) is 12.5. The highest BCUT2D eigenvalue weighted by Crippen LogP contribution is 2.56. The molecule has 7 heteroatoms. The van der Waals surface area contributed by atoms with Crippen LogP contribution < -0.4 is 4.90 Å². The number of aliphatic hydroxyl groups excluding tert-OH is 1. The summed E-state index contributed by atoms with van der Waals surface area (Å²) in [6.07, 6.45) is 4.46. The number of anilines is 1. The summed E-state index contributed by atoms with van der Waals surface area (Å²) in [5.74, 6) is -0.122. The van der Waals surface area contributed by atoms with Gasteiger partial charge in [-0.25, -0.2) is 0 Å². The fourth-order valence-electron chi connectivity index (χ4n) is 6.42. The smallest absolute Gasteiger partial charge is 0.311 e. The predicted molar refractivity (Wildman–Crippen MR) is 127 cm³/mol. The molecule has 4 aliphatic rings. The molecular formula is C25H32Cl2N2O3. The molecule has 3 fully saturated rings. The van der Waals surface area contributed by atoms with E-state index in [9.17, 15) is 9.90 Å². The van der Waals surface area contributed by atoms with Crippen LogP contribution in [0.3, 0.4) is 0 Å². The largest absolute Gasteiger partial charge is 0.461 e. The van der Waals surface area contributed by atoms with E-state index in [-0.39, 0.29) is 29.3 Å². The normalized spacial score (nSPS) is 37.5. The van der Waals surface area contributed by atoms with Crippen molar-refractivity contribution in [2.45, 2.75) is 45.3 Å². The average molecular weight is 479 g/mol. The Morgan fingerprint density at radius 1 is 1.19 bits per heavy atom. The summed E-state index contributed by atoms with van der Waals surface area (Å²) in [5.41, 5.74) is 2.10. The minimum absolute atomic E-state index is 0.127. The molecule has 1 N–H and O–H groups in total. The molecule has 2 heterocycles. The van der Waals surface area contributed by atoms with Crippen LogP contribution in [0.2, 0.25) is 10.0 Å². The van der Waals surface area contributed by atoms with E-state index in [1.807, 2.05) is 18.2 Å². The minimum Gasteiger partial charge on any atom is -0.461 e. The van der Waals surface area contributed by atoms with Gasteiger partial charge in [-0.2, -0.15) is 0 Å². The van der Waals surface area contributed by atoms with Gasteiger partial charge < -0.3 is 14.7 Å². The van der Waals surface area contributed by atoms with E-state index in [0.717, 1.165) is 51.1 Å². The first kappa shape index (κ1) is 22.5. The standard InChI is InChI=1S/C25H32Cl2N2O3/c1-15-4-3-5-16-12-21-22(23(30)25(15,16)2)18(24(31)32-21)14-28-8-10-29(11-9-28)17-6-7-19(26)20(27)13-17/h5-7,13,15,18,21-23,30H,3-4,8-12,14H2,1-2H3/t15-,18-,21+,22+,23+,25+/m0/s1. The van der Waals surface area contributed by atoms with Crippen LogP contribution in [0.5, 0.6) is 0 Å². The van der Waals surface area contributed by atoms with E-state index in [0.29, 0.717) is 22.5 Å². The molecule has 2 aliphatic carbocycles. The summed E-state index contributed by atoms with van der Waals surface area (Å²) in [7, 11) is 0. The number of rotatable bonds is 3. The lowest BCUT2D eigenvalue weighted by molar-refractivity contribution is -0.145. The number of benzene rings is 1. The molecule has 1 aromatic carbocycles. The van der Waals surface area contributed by atoms with Gasteiger partial charge in [0.2, 0.25) is 0 Å². The fraction of sp³-hybridized carbons (Fsp3) is 0.640. The Morgan fingerprint density at radius 3 is 2.66 bits per heavy atom. The quantitative estimate of drug-likeness (QED) is 0.515. The fourth-order valence-corrected chi connectivity index (χ4v) is 6.71. The number of esters is 1. The van der Waals surface area contributed by atoms with E-state index in [1.54, 1.807) is 0 Å². The summed E-state index contributed by atoms with van der Waals surface area (Å²) < 4.78 is 5.83. The van der Waals surface area contributed by atoms with Crippen molar-refractivity contribution in [3.8, 4) is 0 Å². The van der Waals surface area contributed by atoms with Crippen molar-refractivity contribution in [2.75, 3.05) is 37.6 Å². The third-order valence-electron chi connectivity index (χ3n) is 8.67. The number of aliphatic hydroxyl groups is 1. The second-order valence-corrected chi connectivity index (χ2v) is 11.0. The zero-order valence-corrected chi connectivity index (χ0v) is 20.3. The Bertz CT molecular complexity index is 930. The van der Waals surface area contributed by atoms with Crippen molar-refractivity contribution in [1.82, 2.24) is 4.90 Å². The Hall–Kier alpha value is -1.27. The van der Waals surface area contributed by atoms with Crippen molar-refractivity contribution in [1.29, 1.82) is 0 Å². The number of hydrogen-bond acceptors (Lipinski definition) is 5. The molecule has 0 aromatic heterocycles. The maximum absolute atomic E-state index is 12.9. The first-order valence-electron chi connectivity index (χ1n) is 11.8. The SMILES string of the molecule is C[C@H]1CCC=C2C[C@H]3OC(=O)[C@@H](CN4CCN(c5ccc(Cl)c(Cl)c5)CC4)[C@H]3[C@@H](O)[C@@]21C. The highest BCUT2D eigenvalue weighted by Gasteiger charge is 2.59. The number of fused-ring (bicyclic) bond motifs is 2. The topological polar surface area (TPSA) is 53.0 Å². The third kappa shape index (κ3) is 3.66. The van der Waals surface area contributed by atoms with Crippen LogP contribution in [0.15, 0.2) is 29.8 Å². The average Bonchev–Trinajstić information content (AvgIpc) is 3.08. The second-order valence-electron chi connectivity index (χ2n) is 10.2. The van der Waals surface area contributed by atoms with Crippen LogP contribution in [0.25, 0.3) is 0 Å². The lowest BCUT2D eigenvalue weighted by Gasteiger charge is -2.52. The van der Waals surface area contributed by atoms with Crippen LogP contribution in [-0.4, -0.2) is 60.9 Å². The van der Waals surface area contributed by atoms with Gasteiger partial charge >= 0.3 is 5.97 Å². The Balaban J connectivity index is 1.27. The molecule has 5 rings (SSSR count). The molecule has 2 saturated heterocycles. The number of halogens is 2. The number of allylic oxidation sites excluding steroid dienone is 1. The van der Waals surface area contributed by atoms with Gasteiger partial charge in [0, 0.05) is 56.2 Å². The van der Waals surface area contributed by atoms with Gasteiger partial charge in [-0.15, -0.1) is 0 Å². The maximum atomic E-state index is 12.9. The zero-order valence-electron chi connectivity index (χ0n) is 18.8. The van der Waals surface area contributed by atoms with Gasteiger partial charge in [0.15, 0.2) is 0 Å². The molecule has 0 amide bonds. The van der Waals surface area contributed by atoms with Gasteiger partial charge in [0.1, 0.15) is 6.10 Å². The van der Waals surface area contributed by atoms with Gasteiger partial charge in [-0.1, -0.05) is 48.7 Å². The van der Waals surface area contributed by atoms with E-state index >= 15 is 0 Å². The predicted octanol–water partition coefficient (Wildman–Crippen LogP) is 4.40. The monoisotopic (exact) mass is 478 g/mol. The molecule has 174 valence electrons. The molecule has 5 nitrogen and oxygen atoms in total. The second kappa shape index (κ2) is 8.50. The van der Waals surface area contributed by atoms with E-state index in [4.69, 9.17) is 27.9 Å². The van der Waals surface area contributed by atoms with Gasteiger partial charge in [-0.3, -0.25) is 9.69 Å². The number of piperazine rings is 1. The number of nitrogens with zero attached hydrogens (tertiary/aromatic N) is 2. The molecule has 1 saturated carbocycles.